The first-order chi connectivity index (χ1) is 15.6. The normalized spacial score (nSPS) is 22.8. The number of rotatable bonds is 7. The molecule has 3 fully saturated rings. The van der Waals surface area contributed by atoms with E-state index < -0.39 is 0 Å². The third-order valence-corrected chi connectivity index (χ3v) is 7.09. The molecule has 1 aromatic carbocycles. The molecular formula is C25H33N3O4. The molecule has 3 aliphatic rings. The van der Waals surface area contributed by atoms with E-state index in [1.165, 1.54) is 12.8 Å². The predicted octanol–water partition coefficient (Wildman–Crippen LogP) is 3.92. The zero-order valence-corrected chi connectivity index (χ0v) is 18.9. The van der Waals surface area contributed by atoms with Gasteiger partial charge in [0, 0.05) is 32.0 Å². The number of carbonyl (C=O) groups is 1. The van der Waals surface area contributed by atoms with Crippen LogP contribution in [-0.2, 0) is 22.4 Å². The number of hydrogen-bond donors (Lipinski definition) is 0. The molecule has 1 saturated carbocycles. The molecule has 2 aromatic rings. The highest BCUT2D eigenvalue weighted by atomic mass is 16.5. The van der Waals surface area contributed by atoms with Gasteiger partial charge in [0.25, 0.3) is 0 Å². The molecule has 1 atom stereocenters. The van der Waals surface area contributed by atoms with Crippen LogP contribution < -0.4 is 4.74 Å². The zero-order chi connectivity index (χ0) is 22.0. The molecule has 3 heterocycles. The van der Waals surface area contributed by atoms with E-state index in [4.69, 9.17) is 14.0 Å². The quantitative estimate of drug-likeness (QED) is 0.651. The Morgan fingerprint density at radius 1 is 1.19 bits per heavy atom. The number of amides is 1. The molecule has 0 N–H and O–H groups in total. The van der Waals surface area contributed by atoms with E-state index in [0.717, 1.165) is 74.8 Å². The van der Waals surface area contributed by atoms with Crippen LogP contribution in [0.4, 0.5) is 0 Å². The number of hydrogen-bond acceptors (Lipinski definition) is 6. The predicted molar refractivity (Wildman–Crippen MR) is 119 cm³/mol. The molecule has 5 rings (SSSR count). The Hall–Kier alpha value is -2.41. The van der Waals surface area contributed by atoms with Crippen molar-refractivity contribution in [1.82, 2.24) is 15.0 Å². The van der Waals surface area contributed by atoms with E-state index in [1.54, 1.807) is 0 Å². The van der Waals surface area contributed by atoms with Crippen LogP contribution in [0.5, 0.6) is 5.75 Å². The van der Waals surface area contributed by atoms with Crippen LogP contribution in [0.2, 0.25) is 0 Å². The third kappa shape index (κ3) is 4.98. The lowest BCUT2D eigenvalue weighted by Gasteiger charge is -2.46. The molecule has 2 aliphatic heterocycles. The lowest BCUT2D eigenvalue weighted by atomic mass is 9.78. The Kier molecular flexibility index (Phi) is 6.17. The highest BCUT2D eigenvalue weighted by molar-refractivity contribution is 5.79. The summed E-state index contributed by atoms with van der Waals surface area (Å²) in [5.74, 6) is 3.72. The topological polar surface area (TPSA) is 77.7 Å². The monoisotopic (exact) mass is 439 g/mol. The van der Waals surface area contributed by atoms with Gasteiger partial charge in [-0.1, -0.05) is 17.3 Å². The van der Waals surface area contributed by atoms with Crippen molar-refractivity contribution in [3.05, 3.63) is 41.5 Å². The maximum atomic E-state index is 12.8. The Morgan fingerprint density at radius 2 is 1.97 bits per heavy atom. The van der Waals surface area contributed by atoms with Gasteiger partial charge in [-0.3, -0.25) is 4.79 Å². The van der Waals surface area contributed by atoms with Crippen LogP contribution in [0.15, 0.2) is 28.8 Å². The van der Waals surface area contributed by atoms with Gasteiger partial charge >= 0.3 is 0 Å². The molecule has 1 aromatic heterocycles. The minimum absolute atomic E-state index is 0.109. The van der Waals surface area contributed by atoms with E-state index in [0.29, 0.717) is 24.9 Å². The maximum Gasteiger partial charge on any atom is 0.229 e. The van der Waals surface area contributed by atoms with Crippen LogP contribution in [0.1, 0.15) is 68.6 Å². The second kappa shape index (κ2) is 9.22. The molecule has 32 heavy (non-hydrogen) atoms. The van der Waals surface area contributed by atoms with E-state index in [9.17, 15) is 4.79 Å². The van der Waals surface area contributed by atoms with Crippen molar-refractivity contribution in [2.75, 3.05) is 26.3 Å². The standard InChI is InChI=1S/C25H33N3O4/c1-2-30-21-7-3-18(4-8-21)16-23(29)28-12-10-25(11-13-28)17-19(9-14-31-25)15-22-26-24(32-27-22)20-5-6-20/h3-4,7-8,19-20H,2,5-6,9-17H2,1H3. The highest BCUT2D eigenvalue weighted by Gasteiger charge is 2.41. The number of ether oxygens (including phenoxy) is 2. The van der Waals surface area contributed by atoms with Crippen molar-refractivity contribution in [2.45, 2.75) is 69.8 Å². The highest BCUT2D eigenvalue weighted by Crippen LogP contribution is 2.40. The molecule has 1 unspecified atom stereocenters. The summed E-state index contributed by atoms with van der Waals surface area (Å²) >= 11 is 0. The SMILES string of the molecule is CCOc1ccc(CC(=O)N2CCC3(CC2)CC(Cc2noc(C4CC4)n2)CCO3)cc1. The van der Waals surface area contributed by atoms with Gasteiger partial charge < -0.3 is 18.9 Å². The second-order valence-electron chi connectivity index (χ2n) is 9.55. The Bertz CT molecular complexity index is 914. The summed E-state index contributed by atoms with van der Waals surface area (Å²) in [6, 6.07) is 7.83. The molecule has 172 valence electrons. The smallest absolute Gasteiger partial charge is 0.229 e. The number of carbonyl (C=O) groups excluding carboxylic acids is 1. The van der Waals surface area contributed by atoms with Crippen LogP contribution >= 0.6 is 0 Å². The lowest BCUT2D eigenvalue weighted by molar-refractivity contribution is -0.146. The van der Waals surface area contributed by atoms with Gasteiger partial charge in [-0.15, -0.1) is 0 Å². The Morgan fingerprint density at radius 3 is 2.69 bits per heavy atom. The van der Waals surface area contributed by atoms with Crippen molar-refractivity contribution >= 4 is 5.91 Å². The summed E-state index contributed by atoms with van der Waals surface area (Å²) in [7, 11) is 0. The fourth-order valence-electron chi connectivity index (χ4n) is 5.08. The van der Waals surface area contributed by atoms with E-state index in [-0.39, 0.29) is 11.5 Å². The Balaban J connectivity index is 1.12. The fourth-order valence-corrected chi connectivity index (χ4v) is 5.08. The molecule has 2 saturated heterocycles. The van der Waals surface area contributed by atoms with Gasteiger partial charge in [0.05, 0.1) is 18.6 Å². The van der Waals surface area contributed by atoms with Crippen molar-refractivity contribution in [1.29, 1.82) is 0 Å². The molecule has 0 bridgehead atoms. The van der Waals surface area contributed by atoms with Crippen molar-refractivity contribution in [2.24, 2.45) is 5.92 Å². The molecular weight excluding hydrogens is 406 g/mol. The third-order valence-electron chi connectivity index (χ3n) is 7.09. The molecule has 7 nitrogen and oxygen atoms in total. The van der Waals surface area contributed by atoms with Crippen molar-refractivity contribution in [3.63, 3.8) is 0 Å². The van der Waals surface area contributed by atoms with Crippen LogP contribution in [0.25, 0.3) is 0 Å². The molecule has 1 amide bonds. The summed E-state index contributed by atoms with van der Waals surface area (Å²) in [5, 5.41) is 4.21. The van der Waals surface area contributed by atoms with Crippen LogP contribution in [-0.4, -0.2) is 52.9 Å². The summed E-state index contributed by atoms with van der Waals surface area (Å²) in [4.78, 5) is 19.5. The lowest BCUT2D eigenvalue weighted by Crippen LogP contribution is -2.51. The van der Waals surface area contributed by atoms with Crippen LogP contribution in [0.3, 0.4) is 0 Å². The van der Waals surface area contributed by atoms with E-state index in [1.807, 2.05) is 36.1 Å². The van der Waals surface area contributed by atoms with Crippen LogP contribution in [0, 0.1) is 5.92 Å². The first-order valence-corrected chi connectivity index (χ1v) is 12.1. The fraction of sp³-hybridized carbons (Fsp3) is 0.640. The minimum Gasteiger partial charge on any atom is -0.494 e. The summed E-state index contributed by atoms with van der Waals surface area (Å²) < 4.78 is 17.2. The number of benzene rings is 1. The van der Waals surface area contributed by atoms with E-state index >= 15 is 0 Å². The van der Waals surface area contributed by atoms with Gasteiger partial charge in [0.1, 0.15) is 5.75 Å². The molecule has 1 aliphatic carbocycles. The number of piperidine rings is 1. The van der Waals surface area contributed by atoms with Crippen molar-refractivity contribution in [3.8, 4) is 5.75 Å². The summed E-state index contributed by atoms with van der Waals surface area (Å²) in [6.07, 6.45) is 7.50. The summed E-state index contributed by atoms with van der Waals surface area (Å²) in [5.41, 5.74) is 0.917. The minimum atomic E-state index is -0.109. The summed E-state index contributed by atoms with van der Waals surface area (Å²) in [6.45, 7) is 4.91. The average Bonchev–Trinajstić information content (AvgIpc) is 3.55. The average molecular weight is 440 g/mol. The number of aromatic nitrogens is 2. The first-order valence-electron chi connectivity index (χ1n) is 12.1. The van der Waals surface area contributed by atoms with Gasteiger partial charge in [-0.25, -0.2) is 0 Å². The van der Waals surface area contributed by atoms with Gasteiger partial charge in [0.2, 0.25) is 11.8 Å². The number of nitrogens with zero attached hydrogens (tertiary/aromatic N) is 3. The Labute approximate surface area is 189 Å². The second-order valence-corrected chi connectivity index (χ2v) is 9.55. The van der Waals surface area contributed by atoms with Gasteiger partial charge in [-0.2, -0.15) is 4.98 Å². The van der Waals surface area contributed by atoms with Gasteiger partial charge in [-0.05, 0) is 69.1 Å². The zero-order valence-electron chi connectivity index (χ0n) is 18.9. The van der Waals surface area contributed by atoms with Crippen molar-refractivity contribution < 1.29 is 18.8 Å². The van der Waals surface area contributed by atoms with E-state index in [2.05, 4.69) is 10.1 Å². The molecule has 0 radical (unpaired) electrons. The largest absolute Gasteiger partial charge is 0.494 e. The molecule has 1 spiro atoms. The van der Waals surface area contributed by atoms with Gasteiger partial charge in [0.15, 0.2) is 5.82 Å². The molecule has 7 heteroatoms. The maximum absolute atomic E-state index is 12.8. The first kappa shape index (κ1) is 21.4. The number of likely N-dealkylation sites (tertiary alicyclic amines) is 1.